The van der Waals surface area contributed by atoms with Gasteiger partial charge in [0.1, 0.15) is 29.2 Å². The molecule has 1 spiro atoms. The van der Waals surface area contributed by atoms with Crippen LogP contribution < -0.4 is 15.0 Å². The van der Waals surface area contributed by atoms with Crippen LogP contribution in [0.15, 0.2) is 127 Å². The van der Waals surface area contributed by atoms with Gasteiger partial charge < -0.3 is 44.6 Å². The highest BCUT2D eigenvalue weighted by atomic mass is 16.5. The van der Waals surface area contributed by atoms with Gasteiger partial charge in [0.15, 0.2) is 11.5 Å². The van der Waals surface area contributed by atoms with Crippen LogP contribution in [0.4, 0.5) is 5.69 Å². The maximum atomic E-state index is 14.8. The Kier molecular flexibility index (Phi) is 13.7. The summed E-state index contributed by atoms with van der Waals surface area (Å²) in [5.41, 5.74) is 6.28. The molecule has 4 heterocycles. The molecule has 5 N–H and O–H groups in total. The molecule has 10 rings (SSSR count). The van der Waals surface area contributed by atoms with E-state index >= 15 is 0 Å². The number of carbonyl (C=O) groups excluding carboxylic acids is 3. The van der Waals surface area contributed by atoms with Crippen LogP contribution >= 0.6 is 0 Å². The van der Waals surface area contributed by atoms with Gasteiger partial charge in [-0.1, -0.05) is 85.7 Å². The summed E-state index contributed by atoms with van der Waals surface area (Å²) in [6.07, 6.45) is 24.8. The van der Waals surface area contributed by atoms with Crippen molar-refractivity contribution < 1.29 is 39.2 Å². The van der Waals surface area contributed by atoms with E-state index in [1.165, 1.54) is 25.7 Å². The van der Waals surface area contributed by atoms with Crippen LogP contribution in [0.3, 0.4) is 0 Å². The average Bonchev–Trinajstić information content (AvgIpc) is 4.17. The number of methoxy groups -OCH3 is 1. The van der Waals surface area contributed by atoms with Crippen LogP contribution in [0.1, 0.15) is 118 Å². The highest BCUT2D eigenvalue weighted by Crippen LogP contribution is 2.51. The van der Waals surface area contributed by atoms with Crippen LogP contribution in [0, 0.1) is 29.1 Å². The predicted molar refractivity (Wildman–Crippen MR) is 278 cm³/mol. The van der Waals surface area contributed by atoms with E-state index in [1.54, 1.807) is 12.1 Å². The number of hydrogen-bond acceptors (Lipinski definition) is 10. The number of allylic oxidation sites excluding steroid dienone is 6. The molecule has 3 aromatic carbocycles. The van der Waals surface area contributed by atoms with E-state index in [4.69, 9.17) is 9.47 Å². The van der Waals surface area contributed by atoms with Crippen LogP contribution in [0.5, 0.6) is 23.0 Å². The second-order valence-corrected chi connectivity index (χ2v) is 20.5. The molecule has 5 aliphatic rings. The minimum Gasteiger partial charge on any atom is -0.508 e. The summed E-state index contributed by atoms with van der Waals surface area (Å²) in [5.74, 6) is 6.84. The van der Waals surface area contributed by atoms with E-state index in [9.17, 15) is 29.7 Å². The summed E-state index contributed by atoms with van der Waals surface area (Å²) in [7, 11) is 1.41. The molecule has 2 aromatic heterocycles. The summed E-state index contributed by atoms with van der Waals surface area (Å²) in [6, 6.07) is 16.0. The number of nitrogens with one attached hydrogen (secondary N) is 2. The van der Waals surface area contributed by atoms with Gasteiger partial charge in [0.05, 0.1) is 24.8 Å². The molecule has 12 heteroatoms. The number of Topliss-reactive ketones (excluding diaryl/α,β-unsaturated/α-hetero) is 2. The van der Waals surface area contributed by atoms with Gasteiger partial charge in [-0.25, -0.2) is 0 Å². The zero-order valence-electron chi connectivity index (χ0n) is 41.3. The van der Waals surface area contributed by atoms with Crippen molar-refractivity contribution >= 4 is 34.0 Å². The number of hydrogen-bond donors (Lipinski definition) is 5. The second kappa shape index (κ2) is 20.4. The van der Waals surface area contributed by atoms with Gasteiger partial charge in [0.2, 0.25) is 5.75 Å². The van der Waals surface area contributed by atoms with E-state index < -0.39 is 29.3 Å². The number of dihydropyridines is 1. The normalized spacial score (nSPS) is 24.5. The number of ketones is 2. The predicted octanol–water partition coefficient (Wildman–Crippen LogP) is 10.7. The lowest BCUT2D eigenvalue weighted by atomic mass is 9.61. The smallest absolute Gasteiger partial charge is 0.302 e. The number of ether oxygens (including phenoxy) is 2. The van der Waals surface area contributed by atoms with E-state index in [1.807, 2.05) is 41.2 Å². The Morgan fingerprint density at radius 2 is 1.81 bits per heavy atom. The fourth-order valence-corrected chi connectivity index (χ4v) is 12.4. The molecule has 12 nitrogen and oxygen atoms in total. The van der Waals surface area contributed by atoms with Crippen molar-refractivity contribution in [2.24, 2.45) is 17.3 Å². The highest BCUT2D eigenvalue weighted by Gasteiger charge is 2.43. The fraction of sp³-hybridized carbons (Fsp3) is 0.383. The fourth-order valence-electron chi connectivity index (χ4n) is 12.4. The topological polar surface area (TPSA) is 166 Å². The van der Waals surface area contributed by atoms with Crippen molar-refractivity contribution in [2.75, 3.05) is 25.1 Å². The van der Waals surface area contributed by atoms with E-state index in [0.717, 1.165) is 70.2 Å². The number of aromatic amines is 1. The molecule has 0 amide bonds. The number of aromatic nitrogens is 2. The Morgan fingerprint density at radius 1 is 0.972 bits per heavy atom. The lowest BCUT2D eigenvalue weighted by molar-refractivity contribution is -0.148. The molecule has 3 aliphatic carbocycles. The van der Waals surface area contributed by atoms with Crippen molar-refractivity contribution in [3.63, 3.8) is 0 Å². The molecule has 5 aromatic rings. The lowest BCUT2D eigenvalue weighted by Gasteiger charge is -2.43. The number of phenolic OH excluding ortho intramolecular Hbond substituents is 3. The average molecular weight is 969 g/mol. The molecular weight excluding hydrogens is 905 g/mol. The van der Waals surface area contributed by atoms with Crippen LogP contribution in [-0.4, -0.2) is 68.7 Å². The first kappa shape index (κ1) is 48.2. The Hall–Kier alpha value is -7.39. The highest BCUT2D eigenvalue weighted by molar-refractivity contribution is 5.95. The van der Waals surface area contributed by atoms with Crippen LogP contribution in [0.25, 0.3) is 10.8 Å². The Balaban J connectivity index is 1.18. The number of fused-ring (bicyclic) bond motifs is 2. The summed E-state index contributed by atoms with van der Waals surface area (Å²) in [4.78, 5) is 47.3. The molecular formula is C60H64N4O8. The Labute approximate surface area is 421 Å². The monoisotopic (exact) mass is 968 g/mol. The molecule has 2 aliphatic heterocycles. The molecule has 1 fully saturated rings. The summed E-state index contributed by atoms with van der Waals surface area (Å²) in [5, 5.41) is 38.4. The van der Waals surface area contributed by atoms with Crippen LogP contribution in [-0.2, 0) is 25.5 Å². The molecule has 72 heavy (non-hydrogen) atoms. The number of rotatable bonds is 8. The number of H-pyrrole nitrogens is 1. The minimum absolute atomic E-state index is 0.0303. The number of carbonyl (C=O) groups is 3. The van der Waals surface area contributed by atoms with Gasteiger partial charge in [0.25, 0.3) is 0 Å². The van der Waals surface area contributed by atoms with Crippen molar-refractivity contribution in [2.45, 2.75) is 108 Å². The SMILES string of the molecule is COc1cc([C@@H]2CC(=O)C[C@H](OC(C)=O)CC[C@]34Cc5c[nH]cc5[C@H](C#CCC3=CC=C[C@H]4C)[C@H](c3cccc(O)c3)C3=CCNC(=C3)N(CCC(=O)C3CCCC3)c3cccc4cn2cc34)cc(O)c1O. The Morgan fingerprint density at radius 3 is 2.61 bits per heavy atom. The van der Waals surface area contributed by atoms with Gasteiger partial charge in [-0.05, 0) is 102 Å². The van der Waals surface area contributed by atoms with Gasteiger partial charge in [-0.2, -0.15) is 0 Å². The van der Waals surface area contributed by atoms with Crippen molar-refractivity contribution in [3.8, 4) is 34.8 Å². The number of benzene rings is 3. The number of anilines is 1. The van der Waals surface area contributed by atoms with E-state index in [-0.39, 0.29) is 65.3 Å². The molecule has 6 atom stereocenters. The van der Waals surface area contributed by atoms with Gasteiger partial charge in [-0.3, -0.25) is 14.4 Å². The molecule has 372 valence electrons. The van der Waals surface area contributed by atoms with Gasteiger partial charge in [-0.15, -0.1) is 0 Å². The number of aromatic hydroxyl groups is 3. The first-order valence-corrected chi connectivity index (χ1v) is 25.5. The van der Waals surface area contributed by atoms with E-state index in [0.29, 0.717) is 50.8 Å². The largest absolute Gasteiger partial charge is 0.508 e. The maximum Gasteiger partial charge on any atom is 0.302 e. The molecule has 6 bridgehead atoms. The minimum atomic E-state index is -0.726. The molecule has 0 radical (unpaired) electrons. The zero-order chi connectivity index (χ0) is 50.1. The van der Waals surface area contributed by atoms with E-state index in [2.05, 4.69) is 88.9 Å². The number of phenols is 3. The summed E-state index contributed by atoms with van der Waals surface area (Å²) >= 11 is 0. The third-order valence-corrected chi connectivity index (χ3v) is 16.1. The summed E-state index contributed by atoms with van der Waals surface area (Å²) < 4.78 is 13.5. The molecule has 0 saturated heterocycles. The second-order valence-electron chi connectivity index (χ2n) is 20.5. The number of esters is 1. The van der Waals surface area contributed by atoms with Crippen molar-refractivity contribution in [3.05, 3.63) is 149 Å². The molecule has 0 unspecified atom stereocenters. The van der Waals surface area contributed by atoms with Crippen molar-refractivity contribution in [1.29, 1.82) is 0 Å². The number of nitrogens with zero attached hydrogens (tertiary/aromatic N) is 2. The maximum absolute atomic E-state index is 14.8. The Bertz CT molecular complexity index is 3100. The van der Waals surface area contributed by atoms with Crippen LogP contribution in [0.2, 0.25) is 0 Å². The van der Waals surface area contributed by atoms with Gasteiger partial charge in [0, 0.05) is 98.5 Å². The quantitative estimate of drug-likeness (QED) is 0.0574. The third kappa shape index (κ3) is 9.57. The third-order valence-electron chi connectivity index (χ3n) is 16.1. The lowest BCUT2D eigenvalue weighted by Crippen LogP contribution is -2.36. The summed E-state index contributed by atoms with van der Waals surface area (Å²) in [6.45, 7) is 4.52. The standard InChI is InChI=1S/C60H64N4O8/c1-37-10-6-15-45-16-9-18-49-50-34-61-33-44(50)32-60(37,45)23-20-48(72-38(2)65)30-47(67)31-53(43-27-55(69)59(70)56(28-43)71-3)63-35-42-14-8-19-52(51(42)36-63)64(25-22-54(68)39-11-4-5-12-39)57-29-41(21-24-62-57)58(49)40-13-7-17-46(66)26-40/h6-8,10,13-15,17,19,21,26-29,33-37,39,48-49,53,58,61-62,66,69-70H,4-5,11-12,16,20,22-25,30-32H2,1-3H3/t37-,48-,49+,53+,58-,60-/m1/s1. The first-order chi connectivity index (χ1) is 34.9. The van der Waals surface area contributed by atoms with Crippen molar-refractivity contribution in [1.82, 2.24) is 14.9 Å². The zero-order valence-corrected chi connectivity index (χ0v) is 41.3. The van der Waals surface area contributed by atoms with Gasteiger partial charge >= 0.3 is 5.97 Å². The molecule has 1 saturated carbocycles. The first-order valence-electron chi connectivity index (χ1n) is 25.5.